The van der Waals surface area contributed by atoms with E-state index in [-0.39, 0.29) is 19.0 Å². The number of imidazole rings is 1. The lowest BCUT2D eigenvalue weighted by atomic mass is 10.1. The molecule has 2 aromatic heterocycles. The zero-order valence-electron chi connectivity index (χ0n) is 16.5. The lowest BCUT2D eigenvalue weighted by molar-refractivity contribution is -0.0183. The molecule has 4 N–H and O–H groups in total. The molecule has 10 heteroatoms. The molecule has 2 aromatic rings. The van der Waals surface area contributed by atoms with Crippen molar-refractivity contribution in [2.75, 3.05) is 18.6 Å². The summed E-state index contributed by atoms with van der Waals surface area (Å²) >= 11 is 0. The second-order valence-corrected chi connectivity index (χ2v) is 13.7. The van der Waals surface area contributed by atoms with Crippen LogP contribution in [-0.4, -0.2) is 58.2 Å². The van der Waals surface area contributed by atoms with Crippen molar-refractivity contribution in [3.05, 3.63) is 6.33 Å². The van der Waals surface area contributed by atoms with Gasteiger partial charge in [0.25, 0.3) is 0 Å². The maximum Gasteiger partial charge on any atom is 0.247 e. The Morgan fingerprint density at radius 3 is 2.81 bits per heavy atom. The zero-order chi connectivity index (χ0) is 19.6. The Hall–Kier alpha value is -1.75. The summed E-state index contributed by atoms with van der Waals surface area (Å²) in [4.78, 5) is 13.4. The molecule has 0 bridgehead atoms. The summed E-state index contributed by atoms with van der Waals surface area (Å²) in [5.74, 6) is 0.832. The third kappa shape index (κ3) is 4.57. The largest absolute Gasteiger partial charge is 0.476 e. The van der Waals surface area contributed by atoms with E-state index in [4.69, 9.17) is 15.2 Å². The van der Waals surface area contributed by atoms with Crippen molar-refractivity contribution in [2.24, 2.45) is 5.73 Å². The topological polar surface area (TPSA) is 120 Å². The minimum Gasteiger partial charge on any atom is -0.476 e. The molecule has 0 saturated carbocycles. The van der Waals surface area contributed by atoms with E-state index in [2.05, 4.69) is 39.9 Å². The first-order valence-electron chi connectivity index (χ1n) is 9.47. The van der Waals surface area contributed by atoms with Crippen LogP contribution in [0.4, 0.5) is 5.95 Å². The van der Waals surface area contributed by atoms with Gasteiger partial charge in [0.15, 0.2) is 11.2 Å². The monoisotopic (exact) mass is 394 g/mol. The van der Waals surface area contributed by atoms with Crippen molar-refractivity contribution in [1.82, 2.24) is 19.5 Å². The van der Waals surface area contributed by atoms with Gasteiger partial charge >= 0.3 is 0 Å². The van der Waals surface area contributed by atoms with Crippen LogP contribution in [0.3, 0.4) is 0 Å². The van der Waals surface area contributed by atoms with E-state index in [1.54, 1.807) is 6.33 Å². The molecule has 3 atom stereocenters. The summed E-state index contributed by atoms with van der Waals surface area (Å²) in [7, 11) is -1.22. The van der Waals surface area contributed by atoms with E-state index >= 15 is 0 Å². The normalized spacial score (nSPS) is 23.1. The van der Waals surface area contributed by atoms with Crippen LogP contribution in [0.5, 0.6) is 5.88 Å². The van der Waals surface area contributed by atoms with Gasteiger partial charge < -0.3 is 25.6 Å². The molecule has 0 spiro atoms. The van der Waals surface area contributed by atoms with Crippen LogP contribution < -0.4 is 15.8 Å². The number of ether oxygens (including phenoxy) is 2. The molecule has 0 aliphatic carbocycles. The maximum atomic E-state index is 10.2. The summed E-state index contributed by atoms with van der Waals surface area (Å²) in [6, 6.07) is 1.02. The van der Waals surface area contributed by atoms with Gasteiger partial charge in [0.2, 0.25) is 11.8 Å². The van der Waals surface area contributed by atoms with Crippen molar-refractivity contribution >= 4 is 25.2 Å². The summed E-state index contributed by atoms with van der Waals surface area (Å²) in [5.41, 5.74) is 6.79. The van der Waals surface area contributed by atoms with Gasteiger partial charge in [-0.3, -0.25) is 4.57 Å². The molecule has 3 heterocycles. The van der Waals surface area contributed by atoms with Gasteiger partial charge in [-0.15, -0.1) is 0 Å². The van der Waals surface area contributed by atoms with Crippen molar-refractivity contribution in [1.29, 1.82) is 0 Å². The number of nitrogens with zero attached hydrogens (tertiary/aromatic N) is 4. The number of nitrogens with one attached hydrogen (secondary N) is 1. The smallest absolute Gasteiger partial charge is 0.247 e. The highest BCUT2D eigenvalue weighted by Gasteiger charge is 2.35. The summed E-state index contributed by atoms with van der Waals surface area (Å²) in [6.07, 6.45) is 1.94. The molecule has 0 radical (unpaired) electrons. The van der Waals surface area contributed by atoms with E-state index in [1.807, 2.05) is 11.5 Å². The minimum absolute atomic E-state index is 0.177. The first-order valence-corrected chi connectivity index (χ1v) is 13.2. The molecule has 9 nitrogen and oxygen atoms in total. The SMILES string of the molecule is CC[C@H]1O[C@@H](n2cnc3c(OCC[Si](C)(C)C)nc(NCN)nc32)C[C@H]1O. The highest BCUT2D eigenvalue weighted by Crippen LogP contribution is 2.33. The Labute approximate surface area is 160 Å². The lowest BCUT2D eigenvalue weighted by Gasteiger charge is -2.16. The van der Waals surface area contributed by atoms with Crippen LogP contribution in [0, 0.1) is 0 Å². The molecule has 1 aliphatic rings. The molecule has 1 aliphatic heterocycles. The number of aliphatic hydroxyl groups excluding tert-OH is 1. The number of aromatic nitrogens is 4. The average molecular weight is 395 g/mol. The number of hydrogen-bond donors (Lipinski definition) is 3. The first-order chi connectivity index (χ1) is 12.8. The molecule has 150 valence electrons. The predicted octanol–water partition coefficient (Wildman–Crippen LogP) is 1.93. The van der Waals surface area contributed by atoms with Gasteiger partial charge in [-0.2, -0.15) is 9.97 Å². The van der Waals surface area contributed by atoms with Gasteiger partial charge in [0.1, 0.15) is 6.23 Å². The number of hydrogen-bond acceptors (Lipinski definition) is 8. The fourth-order valence-corrected chi connectivity index (χ4v) is 3.79. The van der Waals surface area contributed by atoms with Crippen molar-refractivity contribution in [3.8, 4) is 5.88 Å². The molecular formula is C17H30N6O3Si. The minimum atomic E-state index is -1.22. The second kappa shape index (κ2) is 8.09. The third-order valence-electron chi connectivity index (χ3n) is 4.66. The quantitative estimate of drug-likeness (QED) is 0.459. The molecule has 0 aromatic carbocycles. The second-order valence-electron chi connectivity index (χ2n) is 8.06. The lowest BCUT2D eigenvalue weighted by Crippen LogP contribution is -2.23. The average Bonchev–Trinajstić information content (AvgIpc) is 3.17. The number of aliphatic hydroxyl groups is 1. The van der Waals surface area contributed by atoms with Gasteiger partial charge in [0.05, 0.1) is 31.8 Å². The zero-order valence-corrected chi connectivity index (χ0v) is 17.5. The highest BCUT2D eigenvalue weighted by atomic mass is 28.3. The number of fused-ring (bicyclic) bond motifs is 1. The Kier molecular flexibility index (Phi) is 5.99. The fraction of sp³-hybridized carbons (Fsp3) is 0.706. The Morgan fingerprint density at radius 2 is 2.19 bits per heavy atom. The maximum absolute atomic E-state index is 10.2. The van der Waals surface area contributed by atoms with E-state index in [9.17, 15) is 5.11 Å². The van der Waals surface area contributed by atoms with Gasteiger partial charge in [-0.05, 0) is 12.5 Å². The third-order valence-corrected chi connectivity index (χ3v) is 6.36. The van der Waals surface area contributed by atoms with E-state index < -0.39 is 14.2 Å². The number of anilines is 1. The Balaban J connectivity index is 1.91. The van der Waals surface area contributed by atoms with Crippen molar-refractivity contribution in [3.63, 3.8) is 0 Å². The summed E-state index contributed by atoms with van der Waals surface area (Å²) < 4.78 is 13.8. The molecule has 0 amide bonds. The predicted molar refractivity (Wildman–Crippen MR) is 106 cm³/mol. The van der Waals surface area contributed by atoms with Crippen molar-refractivity contribution < 1.29 is 14.6 Å². The van der Waals surface area contributed by atoms with Crippen LogP contribution in [0.15, 0.2) is 6.33 Å². The number of rotatable bonds is 8. The van der Waals surface area contributed by atoms with Gasteiger partial charge in [-0.25, -0.2) is 4.98 Å². The Morgan fingerprint density at radius 1 is 1.41 bits per heavy atom. The fourth-order valence-electron chi connectivity index (χ4n) is 3.08. The molecule has 1 fully saturated rings. The van der Waals surface area contributed by atoms with Crippen LogP contribution in [0.25, 0.3) is 11.2 Å². The van der Waals surface area contributed by atoms with Crippen LogP contribution in [0.1, 0.15) is 26.0 Å². The Bertz CT molecular complexity index is 778. The van der Waals surface area contributed by atoms with Crippen molar-refractivity contribution in [2.45, 2.75) is 63.9 Å². The number of nitrogens with two attached hydrogens (primary N) is 1. The van der Waals surface area contributed by atoms with Crippen LogP contribution in [0.2, 0.25) is 25.7 Å². The highest BCUT2D eigenvalue weighted by molar-refractivity contribution is 6.76. The molecule has 0 unspecified atom stereocenters. The van der Waals surface area contributed by atoms with Crippen LogP contribution in [-0.2, 0) is 4.74 Å². The standard InChI is InChI=1S/C17H30N6O3Si/c1-5-12-11(24)8-13(26-12)23-10-20-14-15(23)21-17(19-9-18)22-16(14)25-6-7-27(2,3)4/h10-13,24H,5-9,18H2,1-4H3,(H,19,21,22)/t11-,12-,13-/m1/s1. The summed E-state index contributed by atoms with van der Waals surface area (Å²) in [5, 5.41) is 13.1. The summed E-state index contributed by atoms with van der Waals surface area (Å²) in [6.45, 7) is 9.70. The van der Waals surface area contributed by atoms with E-state index in [0.29, 0.717) is 36.0 Å². The van der Waals surface area contributed by atoms with Gasteiger partial charge in [0, 0.05) is 14.5 Å². The molecule has 3 rings (SSSR count). The first kappa shape index (κ1) is 20.0. The molecule has 27 heavy (non-hydrogen) atoms. The van der Waals surface area contributed by atoms with Crippen LogP contribution >= 0.6 is 0 Å². The molecule has 1 saturated heterocycles. The molecular weight excluding hydrogens is 364 g/mol. The van der Waals surface area contributed by atoms with Gasteiger partial charge in [-0.1, -0.05) is 26.6 Å². The van der Waals surface area contributed by atoms with E-state index in [0.717, 1.165) is 12.5 Å². The van der Waals surface area contributed by atoms with E-state index in [1.165, 1.54) is 0 Å².